The van der Waals surface area contributed by atoms with Gasteiger partial charge in [-0.25, -0.2) is 9.18 Å². The summed E-state index contributed by atoms with van der Waals surface area (Å²) in [7, 11) is 0. The number of amidine groups is 1. The fourth-order valence-corrected chi connectivity index (χ4v) is 2.38. The summed E-state index contributed by atoms with van der Waals surface area (Å²) < 4.78 is 19.4. The second-order valence-electron chi connectivity index (χ2n) is 6.53. The maximum absolute atomic E-state index is 14.0. The number of rotatable bonds is 2. The number of nitrogens with two attached hydrogens (primary N) is 1. The van der Waals surface area contributed by atoms with Gasteiger partial charge in [0.1, 0.15) is 17.3 Å². The smallest absolute Gasteiger partial charge is 0.410 e. The molecule has 0 aromatic heterocycles. The van der Waals surface area contributed by atoms with Crippen LogP contribution in [0.1, 0.15) is 26.3 Å². The van der Waals surface area contributed by atoms with E-state index in [-0.39, 0.29) is 17.7 Å². The third-order valence-corrected chi connectivity index (χ3v) is 3.53. The Kier molecular flexibility index (Phi) is 4.77. The Morgan fingerprint density at radius 3 is 2.39 bits per heavy atom. The van der Waals surface area contributed by atoms with Crippen LogP contribution in [0.15, 0.2) is 18.2 Å². The minimum absolute atomic E-state index is 0.0985. The minimum atomic E-state index is -0.532. The summed E-state index contributed by atoms with van der Waals surface area (Å²) >= 11 is 0. The summed E-state index contributed by atoms with van der Waals surface area (Å²) in [6, 6.07) is 4.37. The van der Waals surface area contributed by atoms with Gasteiger partial charge in [0, 0.05) is 31.7 Å². The Morgan fingerprint density at radius 1 is 1.26 bits per heavy atom. The average Bonchev–Trinajstić information content (AvgIpc) is 2.46. The van der Waals surface area contributed by atoms with Gasteiger partial charge in [0.2, 0.25) is 0 Å². The first kappa shape index (κ1) is 17.1. The molecule has 0 atom stereocenters. The molecular weight excluding hydrogens is 299 g/mol. The van der Waals surface area contributed by atoms with Crippen molar-refractivity contribution < 1.29 is 13.9 Å². The SMILES string of the molecule is CC(C)(C)OC(=O)N1CCN(c2cc(C(=N)N)ccc2F)CC1. The molecule has 1 amide bonds. The normalized spacial score (nSPS) is 15.5. The molecule has 0 radical (unpaired) electrons. The Hall–Kier alpha value is -2.31. The molecule has 1 heterocycles. The van der Waals surface area contributed by atoms with Crippen LogP contribution in [0.2, 0.25) is 0 Å². The fraction of sp³-hybridized carbons (Fsp3) is 0.500. The molecule has 3 N–H and O–H groups in total. The average molecular weight is 322 g/mol. The van der Waals surface area contributed by atoms with E-state index in [0.717, 1.165) is 0 Å². The highest BCUT2D eigenvalue weighted by atomic mass is 19.1. The van der Waals surface area contributed by atoms with E-state index < -0.39 is 5.60 Å². The summed E-state index contributed by atoms with van der Waals surface area (Å²) in [5.74, 6) is -0.459. The van der Waals surface area contributed by atoms with Gasteiger partial charge in [-0.2, -0.15) is 0 Å². The molecule has 6 nitrogen and oxygen atoms in total. The molecule has 0 spiro atoms. The Balaban J connectivity index is 2.03. The highest BCUT2D eigenvalue weighted by Gasteiger charge is 2.26. The van der Waals surface area contributed by atoms with E-state index >= 15 is 0 Å². The first-order valence-corrected chi connectivity index (χ1v) is 7.54. The first-order chi connectivity index (χ1) is 10.7. The van der Waals surface area contributed by atoms with Gasteiger partial charge in [-0.1, -0.05) is 0 Å². The van der Waals surface area contributed by atoms with Crippen LogP contribution in [-0.2, 0) is 4.74 Å². The van der Waals surface area contributed by atoms with E-state index in [1.807, 2.05) is 25.7 Å². The van der Waals surface area contributed by atoms with E-state index in [4.69, 9.17) is 15.9 Å². The number of nitrogens with zero attached hydrogens (tertiary/aromatic N) is 2. The quantitative estimate of drug-likeness (QED) is 0.646. The molecule has 1 aliphatic heterocycles. The Morgan fingerprint density at radius 2 is 1.87 bits per heavy atom. The van der Waals surface area contributed by atoms with Gasteiger partial charge < -0.3 is 20.3 Å². The highest BCUT2D eigenvalue weighted by Crippen LogP contribution is 2.23. The predicted molar refractivity (Wildman–Crippen MR) is 87.4 cm³/mol. The van der Waals surface area contributed by atoms with Gasteiger partial charge in [0.25, 0.3) is 0 Å². The maximum atomic E-state index is 14.0. The van der Waals surface area contributed by atoms with Crippen molar-refractivity contribution in [2.24, 2.45) is 5.73 Å². The molecule has 1 fully saturated rings. The number of halogens is 1. The number of hydrogen-bond donors (Lipinski definition) is 2. The number of hydrogen-bond acceptors (Lipinski definition) is 4. The number of anilines is 1. The number of nitrogen functional groups attached to an aromatic ring is 1. The number of piperazine rings is 1. The van der Waals surface area contributed by atoms with Gasteiger partial charge in [0.15, 0.2) is 0 Å². The zero-order valence-corrected chi connectivity index (χ0v) is 13.7. The summed E-state index contributed by atoms with van der Waals surface area (Å²) in [6.45, 7) is 7.38. The molecule has 2 rings (SSSR count). The lowest BCUT2D eigenvalue weighted by Crippen LogP contribution is -2.50. The van der Waals surface area contributed by atoms with Crippen molar-refractivity contribution in [3.63, 3.8) is 0 Å². The van der Waals surface area contributed by atoms with Crippen molar-refractivity contribution in [2.75, 3.05) is 31.1 Å². The van der Waals surface area contributed by atoms with E-state index in [1.54, 1.807) is 11.0 Å². The van der Waals surface area contributed by atoms with Crippen LogP contribution in [0.3, 0.4) is 0 Å². The molecule has 126 valence electrons. The van der Waals surface area contributed by atoms with Gasteiger partial charge in [-0.05, 0) is 39.0 Å². The van der Waals surface area contributed by atoms with Gasteiger partial charge in [-0.15, -0.1) is 0 Å². The molecule has 0 bridgehead atoms. The lowest BCUT2D eigenvalue weighted by atomic mass is 10.1. The van der Waals surface area contributed by atoms with E-state index in [2.05, 4.69) is 0 Å². The largest absolute Gasteiger partial charge is 0.444 e. The van der Waals surface area contributed by atoms with Crippen LogP contribution in [0.5, 0.6) is 0 Å². The van der Waals surface area contributed by atoms with Crippen LogP contribution < -0.4 is 10.6 Å². The van der Waals surface area contributed by atoms with Crippen molar-refractivity contribution in [3.05, 3.63) is 29.6 Å². The third-order valence-electron chi connectivity index (χ3n) is 3.53. The number of ether oxygens (including phenoxy) is 1. The minimum Gasteiger partial charge on any atom is -0.444 e. The van der Waals surface area contributed by atoms with E-state index in [0.29, 0.717) is 37.4 Å². The number of carbonyl (C=O) groups excluding carboxylic acids is 1. The van der Waals surface area contributed by atoms with Crippen molar-refractivity contribution in [1.82, 2.24) is 4.90 Å². The van der Waals surface area contributed by atoms with Gasteiger partial charge in [0.05, 0.1) is 5.69 Å². The standard InChI is InChI=1S/C16H23FN4O2/c1-16(2,3)23-15(22)21-8-6-20(7-9-21)13-10-11(14(18)19)4-5-12(13)17/h4-5,10H,6-9H2,1-3H3,(H3,18,19). The van der Waals surface area contributed by atoms with Crippen LogP contribution in [0.4, 0.5) is 14.9 Å². The first-order valence-electron chi connectivity index (χ1n) is 7.54. The van der Waals surface area contributed by atoms with Crippen LogP contribution >= 0.6 is 0 Å². The number of nitrogens with one attached hydrogen (secondary N) is 1. The fourth-order valence-electron chi connectivity index (χ4n) is 2.38. The van der Waals surface area contributed by atoms with E-state index in [9.17, 15) is 9.18 Å². The Bertz CT molecular complexity index is 605. The monoisotopic (exact) mass is 322 g/mol. The molecule has 0 saturated carbocycles. The second kappa shape index (κ2) is 6.44. The van der Waals surface area contributed by atoms with Crippen LogP contribution in [0.25, 0.3) is 0 Å². The second-order valence-corrected chi connectivity index (χ2v) is 6.53. The topological polar surface area (TPSA) is 82.7 Å². The third kappa shape index (κ3) is 4.34. The van der Waals surface area contributed by atoms with Crippen LogP contribution in [0, 0.1) is 11.2 Å². The van der Waals surface area contributed by atoms with Gasteiger partial charge >= 0.3 is 6.09 Å². The van der Waals surface area contributed by atoms with E-state index in [1.165, 1.54) is 12.1 Å². The molecule has 23 heavy (non-hydrogen) atoms. The number of amides is 1. The molecule has 1 saturated heterocycles. The molecule has 0 aliphatic carbocycles. The molecular formula is C16H23FN4O2. The van der Waals surface area contributed by atoms with Gasteiger partial charge in [-0.3, -0.25) is 5.41 Å². The summed E-state index contributed by atoms with van der Waals surface area (Å²) in [6.07, 6.45) is -0.352. The van der Waals surface area contributed by atoms with Crippen molar-refractivity contribution in [2.45, 2.75) is 26.4 Å². The molecule has 1 aromatic carbocycles. The van der Waals surface area contributed by atoms with Crippen LogP contribution in [-0.4, -0.2) is 48.6 Å². The number of carbonyl (C=O) groups is 1. The molecule has 0 unspecified atom stereocenters. The van der Waals surface area contributed by atoms with Crippen molar-refractivity contribution in [3.8, 4) is 0 Å². The lowest BCUT2D eigenvalue weighted by Gasteiger charge is -2.37. The van der Waals surface area contributed by atoms with Crippen molar-refractivity contribution >= 4 is 17.6 Å². The maximum Gasteiger partial charge on any atom is 0.410 e. The molecule has 1 aliphatic rings. The summed E-state index contributed by atoms with van der Waals surface area (Å²) in [4.78, 5) is 15.5. The predicted octanol–water partition coefficient (Wildman–Crippen LogP) is 2.17. The Labute approximate surface area is 135 Å². The molecule has 1 aromatic rings. The number of benzene rings is 1. The van der Waals surface area contributed by atoms with Crippen molar-refractivity contribution in [1.29, 1.82) is 5.41 Å². The summed E-state index contributed by atoms with van der Waals surface area (Å²) in [5, 5.41) is 7.46. The lowest BCUT2D eigenvalue weighted by molar-refractivity contribution is 0.0240. The summed E-state index contributed by atoms with van der Waals surface area (Å²) in [5.41, 5.74) is 5.81. The zero-order chi connectivity index (χ0) is 17.2. The highest BCUT2D eigenvalue weighted by molar-refractivity contribution is 5.95. The molecule has 7 heteroatoms. The zero-order valence-electron chi connectivity index (χ0n) is 13.7.